The average molecular weight is 345 g/mol. The molecule has 0 aliphatic heterocycles. The molecule has 1 amide bonds. The van der Waals surface area contributed by atoms with Gasteiger partial charge >= 0.3 is 5.97 Å². The summed E-state index contributed by atoms with van der Waals surface area (Å²) in [4.78, 5) is 23.4. The second kappa shape index (κ2) is 7.04. The molecule has 1 aromatic heterocycles. The van der Waals surface area contributed by atoms with Crippen molar-refractivity contribution in [2.75, 3.05) is 0 Å². The quantitative estimate of drug-likeness (QED) is 0.892. The molecule has 25 heavy (non-hydrogen) atoms. The molecule has 2 aromatic rings. The van der Waals surface area contributed by atoms with Crippen LogP contribution in [0.1, 0.15) is 41.9 Å². The molecule has 1 aliphatic carbocycles. The highest BCUT2D eigenvalue weighted by molar-refractivity contribution is 5.92. The minimum absolute atomic E-state index is 0.0284. The molecule has 1 aliphatic rings. The molecular weight excluding hydrogens is 325 g/mol. The number of aliphatic carboxylic acids is 1. The van der Waals surface area contributed by atoms with Gasteiger partial charge in [0.1, 0.15) is 5.82 Å². The maximum atomic E-state index is 13.0. The second-order valence-corrected chi connectivity index (χ2v) is 6.42. The van der Waals surface area contributed by atoms with Gasteiger partial charge in [0.15, 0.2) is 5.69 Å². The molecule has 0 spiro atoms. The predicted octanol–water partition coefficient (Wildman–Crippen LogP) is 2.69. The summed E-state index contributed by atoms with van der Waals surface area (Å²) >= 11 is 0. The number of carbonyl (C=O) groups excluding carboxylic acids is 1. The van der Waals surface area contributed by atoms with Crippen molar-refractivity contribution in [3.8, 4) is 5.69 Å². The van der Waals surface area contributed by atoms with Crippen LogP contribution in [0, 0.1) is 18.7 Å². The lowest BCUT2D eigenvalue weighted by Gasteiger charge is -2.26. The topological polar surface area (TPSA) is 84.2 Å². The van der Waals surface area contributed by atoms with E-state index in [1.54, 1.807) is 22.9 Å². The lowest BCUT2D eigenvalue weighted by atomic mass is 9.86. The maximum Gasteiger partial charge on any atom is 0.306 e. The van der Waals surface area contributed by atoms with Crippen LogP contribution >= 0.6 is 0 Å². The van der Waals surface area contributed by atoms with Crippen LogP contribution in [-0.4, -0.2) is 32.8 Å². The standard InChI is InChI=1S/C18H20FN3O3/c1-11-10-16(21-22(11)15-8-4-13(19)5-9-15)17(23)20-14-6-2-12(3-7-14)18(24)25/h4-5,8-10,12,14H,2-3,6-7H2,1H3,(H,20,23)(H,24,25). The van der Waals surface area contributed by atoms with Crippen LogP contribution in [0.25, 0.3) is 5.69 Å². The monoisotopic (exact) mass is 345 g/mol. The zero-order chi connectivity index (χ0) is 18.0. The van der Waals surface area contributed by atoms with Crippen LogP contribution in [0.4, 0.5) is 4.39 Å². The highest BCUT2D eigenvalue weighted by atomic mass is 19.1. The fourth-order valence-corrected chi connectivity index (χ4v) is 3.17. The highest BCUT2D eigenvalue weighted by Gasteiger charge is 2.27. The number of halogens is 1. The average Bonchev–Trinajstić information content (AvgIpc) is 2.98. The molecule has 1 fully saturated rings. The number of hydrogen-bond acceptors (Lipinski definition) is 3. The summed E-state index contributed by atoms with van der Waals surface area (Å²) in [6, 6.07) is 7.55. The van der Waals surface area contributed by atoms with Gasteiger partial charge in [0.25, 0.3) is 5.91 Å². The molecule has 0 bridgehead atoms. The number of amides is 1. The third kappa shape index (κ3) is 3.87. The molecule has 7 heteroatoms. The summed E-state index contributed by atoms with van der Waals surface area (Å²) in [6.07, 6.45) is 2.45. The summed E-state index contributed by atoms with van der Waals surface area (Å²) in [6.45, 7) is 1.82. The smallest absolute Gasteiger partial charge is 0.306 e. The third-order valence-corrected chi connectivity index (χ3v) is 4.60. The van der Waals surface area contributed by atoms with Crippen molar-refractivity contribution in [2.24, 2.45) is 5.92 Å². The predicted molar refractivity (Wildman–Crippen MR) is 89.1 cm³/mol. The first kappa shape index (κ1) is 17.1. The molecule has 2 N–H and O–H groups in total. The van der Waals surface area contributed by atoms with Crippen molar-refractivity contribution in [3.63, 3.8) is 0 Å². The molecule has 6 nitrogen and oxygen atoms in total. The van der Waals surface area contributed by atoms with Crippen molar-refractivity contribution in [2.45, 2.75) is 38.6 Å². The van der Waals surface area contributed by atoms with E-state index >= 15 is 0 Å². The van der Waals surface area contributed by atoms with E-state index in [1.165, 1.54) is 12.1 Å². The van der Waals surface area contributed by atoms with Gasteiger partial charge in [-0.3, -0.25) is 9.59 Å². The normalized spacial score (nSPS) is 20.2. The first-order chi connectivity index (χ1) is 11.9. The largest absolute Gasteiger partial charge is 0.481 e. The number of carboxylic acids is 1. The number of aryl methyl sites for hydroxylation is 1. The molecule has 132 valence electrons. The van der Waals surface area contributed by atoms with E-state index in [2.05, 4.69) is 10.4 Å². The van der Waals surface area contributed by atoms with E-state index in [9.17, 15) is 14.0 Å². The maximum absolute atomic E-state index is 13.0. The van der Waals surface area contributed by atoms with Crippen molar-refractivity contribution in [3.05, 3.63) is 47.5 Å². The van der Waals surface area contributed by atoms with Gasteiger partial charge in [-0.15, -0.1) is 0 Å². The summed E-state index contributed by atoms with van der Waals surface area (Å²) in [7, 11) is 0. The van der Waals surface area contributed by atoms with E-state index in [0.29, 0.717) is 37.1 Å². The number of hydrogen-bond donors (Lipinski definition) is 2. The van der Waals surface area contributed by atoms with Gasteiger partial charge in [-0.2, -0.15) is 5.10 Å². The minimum atomic E-state index is -0.765. The van der Waals surface area contributed by atoms with E-state index in [0.717, 1.165) is 5.69 Å². The SMILES string of the molecule is Cc1cc(C(=O)NC2CCC(C(=O)O)CC2)nn1-c1ccc(F)cc1. The molecule has 0 saturated heterocycles. The Morgan fingerprint density at radius 3 is 2.44 bits per heavy atom. The van der Waals surface area contributed by atoms with Crippen LogP contribution in [-0.2, 0) is 4.79 Å². The van der Waals surface area contributed by atoms with Crippen molar-refractivity contribution in [1.82, 2.24) is 15.1 Å². The molecule has 0 unspecified atom stereocenters. The number of benzene rings is 1. The van der Waals surface area contributed by atoms with E-state index in [4.69, 9.17) is 5.11 Å². The Kier molecular flexibility index (Phi) is 4.83. The molecule has 1 heterocycles. The van der Waals surface area contributed by atoms with Gasteiger partial charge in [0.2, 0.25) is 0 Å². The zero-order valence-electron chi connectivity index (χ0n) is 13.9. The van der Waals surface area contributed by atoms with E-state index < -0.39 is 5.97 Å². The Bertz CT molecular complexity index is 777. The summed E-state index contributed by atoms with van der Waals surface area (Å²) in [5.74, 6) is -1.68. The number of carboxylic acid groups (broad SMARTS) is 1. The number of nitrogens with one attached hydrogen (secondary N) is 1. The van der Waals surface area contributed by atoms with Gasteiger partial charge in [-0.25, -0.2) is 9.07 Å². The van der Waals surface area contributed by atoms with Crippen molar-refractivity contribution < 1.29 is 19.1 Å². The number of aromatic nitrogens is 2. The molecule has 1 aromatic carbocycles. The lowest BCUT2D eigenvalue weighted by molar-refractivity contribution is -0.142. The lowest BCUT2D eigenvalue weighted by Crippen LogP contribution is -2.38. The molecule has 3 rings (SSSR count). The van der Waals surface area contributed by atoms with Crippen LogP contribution < -0.4 is 5.32 Å². The molecule has 1 saturated carbocycles. The van der Waals surface area contributed by atoms with Gasteiger partial charge < -0.3 is 10.4 Å². The first-order valence-corrected chi connectivity index (χ1v) is 8.30. The van der Waals surface area contributed by atoms with Gasteiger partial charge in [-0.1, -0.05) is 0 Å². The second-order valence-electron chi connectivity index (χ2n) is 6.42. The van der Waals surface area contributed by atoms with Crippen LogP contribution in [0.2, 0.25) is 0 Å². The molecular formula is C18H20FN3O3. The fraction of sp³-hybridized carbons (Fsp3) is 0.389. The van der Waals surface area contributed by atoms with Crippen LogP contribution in [0.15, 0.2) is 30.3 Å². The Labute approximate surface area is 144 Å². The van der Waals surface area contributed by atoms with Gasteiger partial charge in [-0.05, 0) is 62.9 Å². The molecule has 0 radical (unpaired) electrons. The van der Waals surface area contributed by atoms with E-state index in [1.807, 2.05) is 6.92 Å². The number of carbonyl (C=O) groups is 2. The van der Waals surface area contributed by atoms with Crippen molar-refractivity contribution >= 4 is 11.9 Å². The van der Waals surface area contributed by atoms with Crippen LogP contribution in [0.3, 0.4) is 0 Å². The Hall–Kier alpha value is -2.70. The third-order valence-electron chi connectivity index (χ3n) is 4.60. The Balaban J connectivity index is 1.66. The van der Waals surface area contributed by atoms with Gasteiger partial charge in [0.05, 0.1) is 11.6 Å². The summed E-state index contributed by atoms with van der Waals surface area (Å²) in [5.41, 5.74) is 1.74. The number of rotatable bonds is 4. The first-order valence-electron chi connectivity index (χ1n) is 8.30. The Morgan fingerprint density at radius 1 is 1.20 bits per heavy atom. The van der Waals surface area contributed by atoms with E-state index in [-0.39, 0.29) is 23.7 Å². The zero-order valence-corrected chi connectivity index (χ0v) is 13.9. The fourth-order valence-electron chi connectivity index (χ4n) is 3.17. The van der Waals surface area contributed by atoms with Gasteiger partial charge in [0, 0.05) is 11.7 Å². The van der Waals surface area contributed by atoms with Crippen molar-refractivity contribution in [1.29, 1.82) is 0 Å². The highest BCUT2D eigenvalue weighted by Crippen LogP contribution is 2.24. The van der Waals surface area contributed by atoms with Crippen LogP contribution in [0.5, 0.6) is 0 Å². The summed E-state index contributed by atoms with van der Waals surface area (Å²) in [5, 5.41) is 16.3. The Morgan fingerprint density at radius 2 is 1.84 bits per heavy atom. The summed E-state index contributed by atoms with van der Waals surface area (Å²) < 4.78 is 14.6. The number of nitrogens with zero attached hydrogens (tertiary/aromatic N) is 2. The minimum Gasteiger partial charge on any atom is -0.481 e. The molecule has 0 atom stereocenters.